The summed E-state index contributed by atoms with van der Waals surface area (Å²) < 4.78 is 0. The van der Waals surface area contributed by atoms with Crippen LogP contribution in [0.3, 0.4) is 0 Å². The van der Waals surface area contributed by atoms with Crippen molar-refractivity contribution >= 4 is 6.41 Å². The van der Waals surface area contributed by atoms with E-state index < -0.39 is 0 Å². The Hall–Kier alpha value is -0.530. The molecule has 0 aliphatic carbocycles. The van der Waals surface area contributed by atoms with E-state index >= 15 is 0 Å². The highest BCUT2D eigenvalue weighted by Crippen LogP contribution is 2.20. The monoisotopic (exact) mass is 127 g/mol. The zero-order valence-electron chi connectivity index (χ0n) is 6.00. The van der Waals surface area contributed by atoms with Crippen molar-refractivity contribution in [2.75, 3.05) is 0 Å². The Morgan fingerprint density at radius 2 is 1.78 bits per heavy atom. The van der Waals surface area contributed by atoms with Crippen molar-refractivity contribution in [1.29, 1.82) is 0 Å². The third-order valence-electron chi connectivity index (χ3n) is 2.14. The summed E-state index contributed by atoms with van der Waals surface area (Å²) in [7, 11) is 0. The third-order valence-corrected chi connectivity index (χ3v) is 2.14. The Balaban J connectivity index is 2.54. The summed E-state index contributed by atoms with van der Waals surface area (Å²) in [4.78, 5) is 12.2. The number of carbonyl (C=O) groups excluding carboxylic acids is 1. The first-order chi connectivity index (χ1) is 4.25. The van der Waals surface area contributed by atoms with Gasteiger partial charge in [-0.05, 0) is 26.7 Å². The smallest absolute Gasteiger partial charge is 0.210 e. The zero-order valence-corrected chi connectivity index (χ0v) is 6.00. The van der Waals surface area contributed by atoms with Crippen LogP contribution in [0.15, 0.2) is 0 Å². The maximum atomic E-state index is 10.4. The molecule has 1 aliphatic heterocycles. The molecule has 2 nitrogen and oxygen atoms in total. The molecule has 9 heavy (non-hydrogen) atoms. The molecular weight excluding hydrogens is 114 g/mol. The van der Waals surface area contributed by atoms with Crippen molar-refractivity contribution in [3.8, 4) is 0 Å². The van der Waals surface area contributed by atoms with E-state index in [1.807, 2.05) is 4.90 Å². The van der Waals surface area contributed by atoms with Gasteiger partial charge in [-0.3, -0.25) is 4.79 Å². The third kappa shape index (κ3) is 1.07. The first kappa shape index (κ1) is 6.59. The lowest BCUT2D eigenvalue weighted by Gasteiger charge is -2.19. The predicted molar refractivity (Wildman–Crippen MR) is 36.1 cm³/mol. The summed E-state index contributed by atoms with van der Waals surface area (Å²) in [5, 5.41) is 0. The normalized spacial score (nSPS) is 35.1. The van der Waals surface area contributed by atoms with Gasteiger partial charge in [0.05, 0.1) is 0 Å². The Labute approximate surface area is 55.8 Å². The minimum Gasteiger partial charge on any atom is -0.340 e. The second kappa shape index (κ2) is 2.38. The summed E-state index contributed by atoms with van der Waals surface area (Å²) in [5.41, 5.74) is 0. The molecule has 1 fully saturated rings. The molecule has 0 spiro atoms. The van der Waals surface area contributed by atoms with Crippen molar-refractivity contribution in [3.63, 3.8) is 0 Å². The van der Waals surface area contributed by atoms with Crippen LogP contribution in [0.4, 0.5) is 0 Å². The molecule has 0 aromatic heterocycles. The number of nitrogens with zero attached hydrogens (tertiary/aromatic N) is 1. The van der Waals surface area contributed by atoms with Gasteiger partial charge in [0, 0.05) is 12.1 Å². The second-order valence-electron chi connectivity index (χ2n) is 2.83. The first-order valence-corrected chi connectivity index (χ1v) is 3.48. The molecule has 0 radical (unpaired) electrons. The maximum absolute atomic E-state index is 10.4. The van der Waals surface area contributed by atoms with E-state index in [4.69, 9.17) is 0 Å². The van der Waals surface area contributed by atoms with Crippen molar-refractivity contribution in [2.24, 2.45) is 0 Å². The summed E-state index contributed by atoms with van der Waals surface area (Å²) >= 11 is 0. The van der Waals surface area contributed by atoms with Gasteiger partial charge in [-0.2, -0.15) is 0 Å². The molecule has 1 aliphatic rings. The van der Waals surface area contributed by atoms with Gasteiger partial charge < -0.3 is 4.90 Å². The molecule has 1 amide bonds. The van der Waals surface area contributed by atoms with Gasteiger partial charge in [-0.25, -0.2) is 0 Å². The number of amides is 1. The summed E-state index contributed by atoms with van der Waals surface area (Å²) in [6.45, 7) is 4.19. The Bertz CT molecular complexity index is 103. The van der Waals surface area contributed by atoms with Gasteiger partial charge in [0.15, 0.2) is 0 Å². The Morgan fingerprint density at radius 3 is 2.00 bits per heavy atom. The number of hydrogen-bond donors (Lipinski definition) is 0. The maximum Gasteiger partial charge on any atom is 0.210 e. The summed E-state index contributed by atoms with van der Waals surface area (Å²) in [6, 6.07) is 0.940. The molecule has 1 rings (SSSR count). The molecule has 2 atom stereocenters. The highest BCUT2D eigenvalue weighted by molar-refractivity contribution is 5.48. The van der Waals surface area contributed by atoms with Crippen molar-refractivity contribution in [2.45, 2.75) is 38.8 Å². The standard InChI is InChI=1S/C7H13NO/c1-6-3-4-7(2)8(6)5-9/h5-7H,3-4H2,1-2H3/t6-,7-/m0/s1. The fourth-order valence-corrected chi connectivity index (χ4v) is 1.42. The summed E-state index contributed by atoms with van der Waals surface area (Å²) in [6.07, 6.45) is 3.29. The van der Waals surface area contributed by atoms with E-state index in [-0.39, 0.29) is 0 Å². The minimum atomic E-state index is 0.470. The van der Waals surface area contributed by atoms with Gasteiger partial charge in [0.1, 0.15) is 0 Å². The number of likely N-dealkylation sites (tertiary alicyclic amines) is 1. The van der Waals surface area contributed by atoms with Crippen LogP contribution >= 0.6 is 0 Å². The van der Waals surface area contributed by atoms with Gasteiger partial charge >= 0.3 is 0 Å². The molecule has 1 saturated heterocycles. The fourth-order valence-electron chi connectivity index (χ4n) is 1.42. The molecule has 1 heterocycles. The lowest BCUT2D eigenvalue weighted by molar-refractivity contribution is -0.120. The van der Waals surface area contributed by atoms with Crippen LogP contribution in [-0.4, -0.2) is 23.4 Å². The van der Waals surface area contributed by atoms with E-state index in [1.165, 1.54) is 12.8 Å². The fraction of sp³-hybridized carbons (Fsp3) is 0.857. The quantitative estimate of drug-likeness (QED) is 0.481. The van der Waals surface area contributed by atoms with E-state index in [9.17, 15) is 4.79 Å². The van der Waals surface area contributed by atoms with Crippen LogP contribution < -0.4 is 0 Å². The Kier molecular flexibility index (Phi) is 1.74. The SMILES string of the molecule is C[C@H]1CC[C@H](C)N1C=O. The molecule has 0 bridgehead atoms. The van der Waals surface area contributed by atoms with Gasteiger partial charge in [-0.15, -0.1) is 0 Å². The number of hydrogen-bond acceptors (Lipinski definition) is 1. The minimum absolute atomic E-state index is 0.470. The van der Waals surface area contributed by atoms with Crippen molar-refractivity contribution in [3.05, 3.63) is 0 Å². The molecule has 0 N–H and O–H groups in total. The van der Waals surface area contributed by atoms with Crippen molar-refractivity contribution < 1.29 is 4.79 Å². The topological polar surface area (TPSA) is 20.3 Å². The van der Waals surface area contributed by atoms with E-state index in [0.717, 1.165) is 6.41 Å². The molecule has 52 valence electrons. The van der Waals surface area contributed by atoms with Crippen LogP contribution in [0.1, 0.15) is 26.7 Å². The highest BCUT2D eigenvalue weighted by atomic mass is 16.1. The van der Waals surface area contributed by atoms with E-state index in [0.29, 0.717) is 12.1 Å². The molecular formula is C7H13NO. The average molecular weight is 127 g/mol. The highest BCUT2D eigenvalue weighted by Gasteiger charge is 2.24. The van der Waals surface area contributed by atoms with Crippen LogP contribution in [0, 0.1) is 0 Å². The lowest BCUT2D eigenvalue weighted by Crippen LogP contribution is -2.30. The molecule has 0 unspecified atom stereocenters. The van der Waals surface area contributed by atoms with E-state index in [2.05, 4.69) is 13.8 Å². The second-order valence-corrected chi connectivity index (χ2v) is 2.83. The van der Waals surface area contributed by atoms with Crippen LogP contribution in [0.25, 0.3) is 0 Å². The zero-order chi connectivity index (χ0) is 6.85. The van der Waals surface area contributed by atoms with Gasteiger partial charge in [0.25, 0.3) is 0 Å². The van der Waals surface area contributed by atoms with Crippen LogP contribution in [0.2, 0.25) is 0 Å². The first-order valence-electron chi connectivity index (χ1n) is 3.48. The van der Waals surface area contributed by atoms with Crippen LogP contribution in [0.5, 0.6) is 0 Å². The molecule has 0 aromatic rings. The van der Waals surface area contributed by atoms with Gasteiger partial charge in [0.2, 0.25) is 6.41 Å². The largest absolute Gasteiger partial charge is 0.340 e. The van der Waals surface area contributed by atoms with Gasteiger partial charge in [-0.1, -0.05) is 0 Å². The lowest BCUT2D eigenvalue weighted by atomic mass is 10.2. The predicted octanol–water partition coefficient (Wildman–Crippen LogP) is 1.02. The average Bonchev–Trinajstić information content (AvgIpc) is 2.12. The Morgan fingerprint density at radius 1 is 1.33 bits per heavy atom. The number of rotatable bonds is 1. The molecule has 0 aromatic carbocycles. The number of carbonyl (C=O) groups is 1. The van der Waals surface area contributed by atoms with Crippen molar-refractivity contribution in [1.82, 2.24) is 4.90 Å². The van der Waals surface area contributed by atoms with Crippen LogP contribution in [-0.2, 0) is 4.79 Å². The van der Waals surface area contributed by atoms with E-state index in [1.54, 1.807) is 0 Å². The molecule has 2 heteroatoms. The molecule has 0 saturated carbocycles. The summed E-state index contributed by atoms with van der Waals surface area (Å²) in [5.74, 6) is 0.